The van der Waals surface area contributed by atoms with Crippen molar-refractivity contribution < 1.29 is 4.79 Å². The summed E-state index contributed by atoms with van der Waals surface area (Å²) in [6.45, 7) is 5.56. The standard InChI is InChI=1S/C18H36N4O.HI/c1-2-3-4-5-6-9-13-20-18(19)21-14-11-16-22-15-10-7-8-12-17(22)23;/h2-16H2,1H3,(H3,19,20,21);1H. The molecule has 0 spiro atoms. The Balaban J connectivity index is 0.00000529. The number of aliphatic imine (C=N–C) groups is 1. The van der Waals surface area contributed by atoms with Crippen LogP contribution in [0.3, 0.4) is 0 Å². The van der Waals surface area contributed by atoms with Crippen LogP contribution in [0, 0.1) is 0 Å². The molecule has 0 aromatic heterocycles. The Kier molecular flexibility index (Phi) is 15.6. The smallest absolute Gasteiger partial charge is 0.222 e. The van der Waals surface area contributed by atoms with Gasteiger partial charge in [-0.2, -0.15) is 0 Å². The molecule has 0 radical (unpaired) electrons. The number of nitrogens with two attached hydrogens (primary N) is 1. The molecule has 0 saturated carbocycles. The number of rotatable bonds is 11. The lowest BCUT2D eigenvalue weighted by Crippen LogP contribution is -2.33. The number of halogens is 1. The van der Waals surface area contributed by atoms with Crippen LogP contribution in [0.25, 0.3) is 0 Å². The zero-order valence-corrected chi connectivity index (χ0v) is 17.7. The highest BCUT2D eigenvalue weighted by Crippen LogP contribution is 2.11. The van der Waals surface area contributed by atoms with Crippen LogP contribution in [0.2, 0.25) is 0 Å². The van der Waals surface area contributed by atoms with Crippen LogP contribution in [-0.2, 0) is 4.79 Å². The van der Waals surface area contributed by atoms with Gasteiger partial charge in [-0.1, -0.05) is 45.4 Å². The summed E-state index contributed by atoms with van der Waals surface area (Å²) in [5.74, 6) is 0.849. The Bertz CT molecular complexity index is 350. The molecule has 1 amide bonds. The zero-order valence-electron chi connectivity index (χ0n) is 15.4. The van der Waals surface area contributed by atoms with E-state index in [9.17, 15) is 4.79 Å². The first-order valence-electron chi connectivity index (χ1n) is 9.55. The second-order valence-corrected chi connectivity index (χ2v) is 6.51. The summed E-state index contributed by atoms with van der Waals surface area (Å²) in [5.41, 5.74) is 5.87. The first-order valence-corrected chi connectivity index (χ1v) is 9.55. The molecule has 0 unspecified atom stereocenters. The Morgan fingerprint density at radius 3 is 2.67 bits per heavy atom. The van der Waals surface area contributed by atoms with E-state index in [-0.39, 0.29) is 24.0 Å². The van der Waals surface area contributed by atoms with Gasteiger partial charge in [0.1, 0.15) is 0 Å². The predicted octanol–water partition coefficient (Wildman–Crippen LogP) is 3.66. The highest BCUT2D eigenvalue weighted by molar-refractivity contribution is 14.0. The first kappa shape index (κ1) is 23.5. The largest absolute Gasteiger partial charge is 0.370 e. The van der Waals surface area contributed by atoms with Crippen LogP contribution < -0.4 is 11.1 Å². The third-order valence-electron chi connectivity index (χ3n) is 4.38. The van der Waals surface area contributed by atoms with Crippen molar-refractivity contribution in [2.24, 2.45) is 10.7 Å². The number of hydrogen-bond acceptors (Lipinski definition) is 2. The third-order valence-corrected chi connectivity index (χ3v) is 4.38. The van der Waals surface area contributed by atoms with E-state index in [1.165, 1.54) is 38.5 Å². The monoisotopic (exact) mass is 452 g/mol. The van der Waals surface area contributed by atoms with Crippen LogP contribution >= 0.6 is 24.0 Å². The van der Waals surface area contributed by atoms with Crippen molar-refractivity contribution in [3.05, 3.63) is 0 Å². The minimum atomic E-state index is 0. The fourth-order valence-corrected chi connectivity index (χ4v) is 2.91. The average molecular weight is 452 g/mol. The highest BCUT2D eigenvalue weighted by atomic mass is 127. The Morgan fingerprint density at radius 2 is 1.88 bits per heavy atom. The molecule has 5 nitrogen and oxygen atoms in total. The summed E-state index contributed by atoms with van der Waals surface area (Å²) >= 11 is 0. The molecular formula is C18H37IN4O. The van der Waals surface area contributed by atoms with Crippen molar-refractivity contribution in [3.63, 3.8) is 0 Å². The van der Waals surface area contributed by atoms with E-state index in [0.29, 0.717) is 24.8 Å². The normalized spacial score (nSPS) is 15.8. The van der Waals surface area contributed by atoms with Crippen LogP contribution in [0.4, 0.5) is 0 Å². The predicted molar refractivity (Wildman–Crippen MR) is 113 cm³/mol. The van der Waals surface area contributed by atoms with Crippen molar-refractivity contribution in [3.8, 4) is 0 Å². The SMILES string of the molecule is CCCCCCCCNC(N)=NCCCN1CCCCCC1=O.I. The molecule has 1 fully saturated rings. The second kappa shape index (κ2) is 16.0. The summed E-state index contributed by atoms with van der Waals surface area (Å²) in [7, 11) is 0. The maximum absolute atomic E-state index is 11.9. The maximum Gasteiger partial charge on any atom is 0.222 e. The number of nitrogens with one attached hydrogen (secondary N) is 1. The van der Waals surface area contributed by atoms with Gasteiger partial charge < -0.3 is 16.0 Å². The van der Waals surface area contributed by atoms with Gasteiger partial charge in [0, 0.05) is 32.6 Å². The summed E-state index contributed by atoms with van der Waals surface area (Å²) < 4.78 is 0. The van der Waals surface area contributed by atoms with Gasteiger partial charge in [-0.15, -0.1) is 24.0 Å². The number of guanidine groups is 1. The van der Waals surface area contributed by atoms with Gasteiger partial charge in [0.2, 0.25) is 5.91 Å². The summed E-state index contributed by atoms with van der Waals surface area (Å²) in [4.78, 5) is 18.2. The highest BCUT2D eigenvalue weighted by Gasteiger charge is 2.15. The fraction of sp³-hybridized carbons (Fsp3) is 0.889. The lowest BCUT2D eigenvalue weighted by atomic mass is 10.1. The molecule has 0 bridgehead atoms. The van der Waals surface area contributed by atoms with E-state index in [1.54, 1.807) is 0 Å². The van der Waals surface area contributed by atoms with E-state index in [2.05, 4.69) is 17.2 Å². The van der Waals surface area contributed by atoms with Gasteiger partial charge in [0.25, 0.3) is 0 Å². The molecule has 24 heavy (non-hydrogen) atoms. The maximum atomic E-state index is 11.9. The number of nitrogens with zero attached hydrogens (tertiary/aromatic N) is 2. The zero-order chi connectivity index (χ0) is 16.8. The number of hydrogen-bond donors (Lipinski definition) is 2. The van der Waals surface area contributed by atoms with E-state index in [1.807, 2.05) is 4.90 Å². The van der Waals surface area contributed by atoms with Crippen LogP contribution in [-0.4, -0.2) is 42.9 Å². The second-order valence-electron chi connectivity index (χ2n) is 6.51. The van der Waals surface area contributed by atoms with Crippen LogP contribution in [0.1, 0.15) is 77.6 Å². The van der Waals surface area contributed by atoms with E-state index in [0.717, 1.165) is 45.3 Å². The molecule has 1 aliphatic heterocycles. The summed E-state index contributed by atoms with van der Waals surface area (Å²) in [6, 6.07) is 0. The minimum absolute atomic E-state index is 0. The molecule has 142 valence electrons. The Labute approximate surface area is 165 Å². The lowest BCUT2D eigenvalue weighted by Gasteiger charge is -2.19. The van der Waals surface area contributed by atoms with Crippen molar-refractivity contribution in [2.75, 3.05) is 26.2 Å². The number of amides is 1. The van der Waals surface area contributed by atoms with Gasteiger partial charge in [-0.25, -0.2) is 0 Å². The molecule has 0 atom stereocenters. The molecule has 1 aliphatic rings. The molecule has 0 aliphatic carbocycles. The topological polar surface area (TPSA) is 70.7 Å². The average Bonchev–Trinajstić information content (AvgIpc) is 2.75. The van der Waals surface area contributed by atoms with Gasteiger partial charge in [-0.3, -0.25) is 9.79 Å². The number of carbonyl (C=O) groups is 1. The minimum Gasteiger partial charge on any atom is -0.370 e. The lowest BCUT2D eigenvalue weighted by molar-refractivity contribution is -0.130. The van der Waals surface area contributed by atoms with Crippen molar-refractivity contribution in [1.29, 1.82) is 0 Å². The van der Waals surface area contributed by atoms with E-state index >= 15 is 0 Å². The van der Waals surface area contributed by atoms with Crippen molar-refractivity contribution in [1.82, 2.24) is 10.2 Å². The van der Waals surface area contributed by atoms with Crippen molar-refractivity contribution >= 4 is 35.8 Å². The molecule has 3 N–H and O–H groups in total. The molecule has 1 heterocycles. The molecular weight excluding hydrogens is 415 g/mol. The number of carbonyl (C=O) groups excluding carboxylic acids is 1. The Hall–Kier alpha value is -0.530. The third kappa shape index (κ3) is 11.9. The quantitative estimate of drug-likeness (QED) is 0.218. The Morgan fingerprint density at radius 1 is 1.12 bits per heavy atom. The van der Waals surface area contributed by atoms with Gasteiger partial charge in [0.15, 0.2) is 5.96 Å². The molecule has 1 saturated heterocycles. The number of likely N-dealkylation sites (tertiary alicyclic amines) is 1. The van der Waals surface area contributed by atoms with Crippen molar-refractivity contribution in [2.45, 2.75) is 77.6 Å². The van der Waals surface area contributed by atoms with Crippen LogP contribution in [0.15, 0.2) is 4.99 Å². The fourth-order valence-electron chi connectivity index (χ4n) is 2.91. The summed E-state index contributed by atoms with van der Waals surface area (Å²) in [6.07, 6.45) is 12.7. The van der Waals surface area contributed by atoms with Crippen LogP contribution in [0.5, 0.6) is 0 Å². The van der Waals surface area contributed by atoms with E-state index in [4.69, 9.17) is 5.73 Å². The first-order chi connectivity index (χ1) is 11.2. The molecule has 1 rings (SSSR count). The van der Waals surface area contributed by atoms with E-state index < -0.39 is 0 Å². The van der Waals surface area contributed by atoms with Gasteiger partial charge in [-0.05, 0) is 25.7 Å². The number of unbranched alkanes of at least 4 members (excludes halogenated alkanes) is 5. The molecule has 0 aromatic carbocycles. The van der Waals surface area contributed by atoms with Gasteiger partial charge in [0.05, 0.1) is 0 Å². The molecule has 0 aromatic rings. The summed E-state index contributed by atoms with van der Waals surface area (Å²) in [5, 5.41) is 3.18. The molecule has 6 heteroatoms. The van der Waals surface area contributed by atoms with Gasteiger partial charge >= 0.3 is 0 Å².